The van der Waals surface area contributed by atoms with Gasteiger partial charge in [-0.15, -0.1) is 0 Å². The van der Waals surface area contributed by atoms with E-state index in [9.17, 15) is 14.4 Å². The summed E-state index contributed by atoms with van der Waals surface area (Å²) in [5.74, 6) is -0.589. The predicted molar refractivity (Wildman–Crippen MR) is 122 cm³/mol. The van der Waals surface area contributed by atoms with Crippen LogP contribution in [0.25, 0.3) is 11.1 Å². The van der Waals surface area contributed by atoms with Gasteiger partial charge in [0.25, 0.3) is 0 Å². The van der Waals surface area contributed by atoms with E-state index < -0.39 is 17.5 Å². The Hall–Kier alpha value is -3.35. The third kappa shape index (κ3) is 4.08. The number of benzene rings is 2. The molecule has 0 spiro atoms. The fourth-order valence-electron chi connectivity index (χ4n) is 5.71. The van der Waals surface area contributed by atoms with Crippen molar-refractivity contribution in [3.63, 3.8) is 0 Å². The molecule has 2 amide bonds. The number of aliphatic carboxylic acids is 1. The topological polar surface area (TPSA) is 105 Å². The second-order valence-corrected chi connectivity index (χ2v) is 9.42. The molecule has 2 saturated carbocycles. The standard InChI is InChI=1S/C26H28N2O5/c29-23(30)10-5-11-27-24(31)26-13-16(26)12-17(14-26)28-25(32)33-15-22-20-8-3-1-6-18(20)19-7-2-4-9-21(19)22/h1-4,6-9,16-17,22H,5,10-15H2,(H,27,31)(H,28,32)(H,29,30)/t16-,17+,26+/m0/s1. The summed E-state index contributed by atoms with van der Waals surface area (Å²) in [6, 6.07) is 16.4. The molecule has 0 aliphatic heterocycles. The van der Waals surface area contributed by atoms with Crippen molar-refractivity contribution in [1.82, 2.24) is 10.6 Å². The molecule has 2 aromatic carbocycles. The largest absolute Gasteiger partial charge is 0.481 e. The first-order valence-corrected chi connectivity index (χ1v) is 11.6. The lowest BCUT2D eigenvalue weighted by Gasteiger charge is -2.19. The van der Waals surface area contributed by atoms with Crippen LogP contribution in [0, 0.1) is 11.3 Å². The molecule has 3 N–H and O–H groups in total. The highest BCUT2D eigenvalue weighted by molar-refractivity contribution is 5.87. The number of carboxylic acids is 1. The van der Waals surface area contributed by atoms with Crippen LogP contribution < -0.4 is 10.6 Å². The van der Waals surface area contributed by atoms with E-state index in [-0.39, 0.29) is 36.8 Å². The Balaban J connectivity index is 1.13. The Labute approximate surface area is 192 Å². The summed E-state index contributed by atoms with van der Waals surface area (Å²) in [6.07, 6.45) is 2.23. The van der Waals surface area contributed by atoms with E-state index in [0.29, 0.717) is 19.4 Å². The molecule has 33 heavy (non-hydrogen) atoms. The lowest BCUT2D eigenvalue weighted by Crippen LogP contribution is -2.38. The number of ether oxygens (including phenoxy) is 1. The third-order valence-electron chi connectivity index (χ3n) is 7.38. The number of carbonyl (C=O) groups is 3. The maximum Gasteiger partial charge on any atom is 0.407 e. The van der Waals surface area contributed by atoms with Gasteiger partial charge < -0.3 is 20.5 Å². The van der Waals surface area contributed by atoms with Crippen LogP contribution >= 0.6 is 0 Å². The van der Waals surface area contributed by atoms with Crippen LogP contribution in [0.15, 0.2) is 48.5 Å². The smallest absolute Gasteiger partial charge is 0.407 e. The minimum atomic E-state index is -0.861. The van der Waals surface area contributed by atoms with E-state index in [1.807, 2.05) is 24.3 Å². The van der Waals surface area contributed by atoms with E-state index >= 15 is 0 Å². The number of carboxylic acid groups (broad SMARTS) is 1. The Kier molecular flexibility index (Phi) is 5.56. The summed E-state index contributed by atoms with van der Waals surface area (Å²) in [4.78, 5) is 35.8. The van der Waals surface area contributed by atoms with Crippen molar-refractivity contribution in [3.8, 4) is 11.1 Å². The monoisotopic (exact) mass is 448 g/mol. The van der Waals surface area contributed by atoms with E-state index in [2.05, 4.69) is 34.9 Å². The SMILES string of the molecule is O=C(O)CCCNC(=O)[C@]12C[C@H](NC(=O)OCC3c4ccccc4-c4ccccc43)C[C@H]1C2. The average molecular weight is 449 g/mol. The number of amides is 2. The van der Waals surface area contributed by atoms with Crippen LogP contribution in [0.5, 0.6) is 0 Å². The molecule has 2 aromatic rings. The van der Waals surface area contributed by atoms with Gasteiger partial charge in [-0.3, -0.25) is 9.59 Å². The van der Waals surface area contributed by atoms with Gasteiger partial charge in [-0.1, -0.05) is 48.5 Å². The Bertz CT molecular complexity index is 1050. The maximum atomic E-state index is 12.6. The maximum absolute atomic E-state index is 12.6. The summed E-state index contributed by atoms with van der Waals surface area (Å²) >= 11 is 0. The highest BCUT2D eigenvalue weighted by Gasteiger charge is 2.65. The van der Waals surface area contributed by atoms with Crippen molar-refractivity contribution < 1.29 is 24.2 Å². The third-order valence-corrected chi connectivity index (χ3v) is 7.38. The Morgan fingerprint density at radius 1 is 1.00 bits per heavy atom. The number of fused-ring (bicyclic) bond motifs is 4. The van der Waals surface area contributed by atoms with Crippen LogP contribution in [-0.4, -0.2) is 42.3 Å². The van der Waals surface area contributed by atoms with Crippen LogP contribution in [0.1, 0.15) is 49.1 Å². The van der Waals surface area contributed by atoms with Crippen molar-refractivity contribution >= 4 is 18.0 Å². The Morgan fingerprint density at radius 2 is 1.67 bits per heavy atom. The van der Waals surface area contributed by atoms with Gasteiger partial charge in [0.1, 0.15) is 6.61 Å². The van der Waals surface area contributed by atoms with E-state index in [1.54, 1.807) is 0 Å². The number of hydrogen-bond acceptors (Lipinski definition) is 4. The van der Waals surface area contributed by atoms with Gasteiger partial charge in [0.05, 0.1) is 5.41 Å². The lowest BCUT2D eigenvalue weighted by molar-refractivity contribution is -0.137. The molecule has 0 aromatic heterocycles. The second-order valence-electron chi connectivity index (χ2n) is 9.42. The number of nitrogens with one attached hydrogen (secondary N) is 2. The molecule has 3 aliphatic carbocycles. The summed E-state index contributed by atoms with van der Waals surface area (Å²) in [6.45, 7) is 0.634. The van der Waals surface area contributed by atoms with Crippen LogP contribution in [0.3, 0.4) is 0 Å². The summed E-state index contributed by atoms with van der Waals surface area (Å²) in [7, 11) is 0. The number of alkyl carbamates (subject to hydrolysis) is 1. The fourth-order valence-corrected chi connectivity index (χ4v) is 5.71. The van der Waals surface area contributed by atoms with Gasteiger partial charge in [-0.05, 0) is 53.9 Å². The molecule has 3 aliphatic rings. The fraction of sp³-hybridized carbons (Fsp3) is 0.423. The van der Waals surface area contributed by atoms with Crippen molar-refractivity contribution in [2.45, 2.75) is 44.1 Å². The molecule has 5 rings (SSSR count). The van der Waals surface area contributed by atoms with E-state index in [0.717, 1.165) is 12.8 Å². The van der Waals surface area contributed by atoms with Crippen LogP contribution in [0.4, 0.5) is 4.79 Å². The number of rotatable bonds is 8. The zero-order valence-corrected chi connectivity index (χ0v) is 18.4. The van der Waals surface area contributed by atoms with Crippen molar-refractivity contribution in [2.24, 2.45) is 11.3 Å². The molecular weight excluding hydrogens is 420 g/mol. The molecule has 3 atom stereocenters. The number of hydrogen-bond donors (Lipinski definition) is 3. The van der Waals surface area contributed by atoms with Crippen molar-refractivity contribution in [3.05, 3.63) is 59.7 Å². The highest BCUT2D eigenvalue weighted by atomic mass is 16.5. The normalized spacial score (nSPS) is 24.4. The molecule has 0 radical (unpaired) electrons. The van der Waals surface area contributed by atoms with Gasteiger partial charge in [0.15, 0.2) is 0 Å². The zero-order chi connectivity index (χ0) is 23.0. The summed E-state index contributed by atoms with van der Waals surface area (Å²) in [5, 5.41) is 14.5. The van der Waals surface area contributed by atoms with Crippen molar-refractivity contribution in [2.75, 3.05) is 13.2 Å². The molecule has 0 bridgehead atoms. The zero-order valence-electron chi connectivity index (χ0n) is 18.4. The van der Waals surface area contributed by atoms with E-state index in [4.69, 9.17) is 9.84 Å². The summed E-state index contributed by atoms with van der Waals surface area (Å²) in [5.41, 5.74) is 4.31. The Morgan fingerprint density at radius 3 is 2.33 bits per heavy atom. The van der Waals surface area contributed by atoms with Gasteiger partial charge in [0.2, 0.25) is 5.91 Å². The number of carbonyl (C=O) groups excluding carboxylic acids is 2. The van der Waals surface area contributed by atoms with Gasteiger partial charge >= 0.3 is 12.1 Å². The molecule has 172 valence electrons. The summed E-state index contributed by atoms with van der Waals surface area (Å²) < 4.78 is 5.64. The molecule has 0 unspecified atom stereocenters. The molecule has 2 fully saturated rings. The minimum absolute atomic E-state index is 0.0167. The minimum Gasteiger partial charge on any atom is -0.481 e. The first kappa shape index (κ1) is 21.5. The molecular formula is C26H28N2O5. The van der Waals surface area contributed by atoms with Gasteiger partial charge in [-0.2, -0.15) is 0 Å². The molecule has 7 nitrogen and oxygen atoms in total. The lowest BCUT2D eigenvalue weighted by atomic mass is 9.98. The predicted octanol–water partition coefficient (Wildman–Crippen LogP) is 3.67. The first-order chi connectivity index (χ1) is 16.0. The van der Waals surface area contributed by atoms with Gasteiger partial charge in [-0.25, -0.2) is 4.79 Å². The highest BCUT2D eigenvalue weighted by Crippen LogP contribution is 2.63. The van der Waals surface area contributed by atoms with Crippen LogP contribution in [-0.2, 0) is 14.3 Å². The first-order valence-electron chi connectivity index (χ1n) is 11.6. The van der Waals surface area contributed by atoms with E-state index in [1.165, 1.54) is 22.3 Å². The molecule has 0 saturated heterocycles. The van der Waals surface area contributed by atoms with Crippen molar-refractivity contribution in [1.29, 1.82) is 0 Å². The average Bonchev–Trinajstić information content (AvgIpc) is 3.23. The molecule has 0 heterocycles. The quantitative estimate of drug-likeness (QED) is 0.535. The molecule has 7 heteroatoms. The van der Waals surface area contributed by atoms with Gasteiger partial charge in [0, 0.05) is 24.9 Å². The van der Waals surface area contributed by atoms with Crippen LogP contribution in [0.2, 0.25) is 0 Å². The second kappa shape index (κ2) is 8.54.